The fraction of sp³-hybridized carbons (Fsp3) is 0.381. The molecule has 11 heteroatoms. The molecule has 1 fully saturated rings. The van der Waals surface area contributed by atoms with Gasteiger partial charge < -0.3 is 10.1 Å². The highest BCUT2D eigenvalue weighted by Gasteiger charge is 2.41. The van der Waals surface area contributed by atoms with Crippen molar-refractivity contribution >= 4 is 22.5 Å². The van der Waals surface area contributed by atoms with E-state index in [1.807, 2.05) is 19.1 Å². The van der Waals surface area contributed by atoms with Crippen molar-refractivity contribution in [2.45, 2.75) is 38.8 Å². The Bertz CT molecular complexity index is 1350. The summed E-state index contributed by atoms with van der Waals surface area (Å²) in [5.41, 5.74) is 2.98. The highest BCUT2D eigenvalue weighted by Crippen LogP contribution is 2.41. The number of ether oxygens (including phenoxy) is 1. The summed E-state index contributed by atoms with van der Waals surface area (Å²) in [6, 6.07) is 9.69. The van der Waals surface area contributed by atoms with Crippen molar-refractivity contribution in [1.82, 2.24) is 29.6 Å². The zero-order valence-electron chi connectivity index (χ0n) is 17.5. The second-order valence-electron chi connectivity index (χ2n) is 8.26. The largest absolute Gasteiger partial charge is 0.479 e. The predicted molar refractivity (Wildman–Crippen MR) is 112 cm³/mol. The molecule has 3 aromatic heterocycles. The Morgan fingerprint density at radius 1 is 1.34 bits per heavy atom. The Hall–Kier alpha value is -3.81. The van der Waals surface area contributed by atoms with Gasteiger partial charge in [-0.05, 0) is 43.5 Å². The molecular weight excluding hydrogens is 418 g/mol. The van der Waals surface area contributed by atoms with Crippen LogP contribution < -0.4 is 10.1 Å². The maximum atomic E-state index is 12.9. The molecular formula is C21H20F2N8O. The van der Waals surface area contributed by atoms with Gasteiger partial charge in [0.1, 0.15) is 17.6 Å². The van der Waals surface area contributed by atoms with Gasteiger partial charge in [-0.25, -0.2) is 18.0 Å². The van der Waals surface area contributed by atoms with E-state index in [0.29, 0.717) is 28.4 Å². The third-order valence-corrected chi connectivity index (χ3v) is 5.81. The quantitative estimate of drug-likeness (QED) is 0.491. The van der Waals surface area contributed by atoms with Crippen molar-refractivity contribution in [3.05, 3.63) is 30.5 Å². The van der Waals surface area contributed by atoms with Gasteiger partial charge in [0.25, 0.3) is 6.43 Å². The standard InChI is InChI=1S/C21H20F2N8O/c1-21(11-24)8-13(9-21)25-20-26-19(32-2)18-14(5-6-30(18)28-20)12-3-4-15-16(7-12)31(29-27-15)10-17(22)23/h3-7,13,17H,8-10H2,1-2H3,(H,25,28). The van der Waals surface area contributed by atoms with Crippen LogP contribution in [0.25, 0.3) is 27.7 Å². The molecule has 0 aliphatic heterocycles. The van der Waals surface area contributed by atoms with E-state index in [1.165, 1.54) is 11.8 Å². The Morgan fingerprint density at radius 3 is 2.88 bits per heavy atom. The van der Waals surface area contributed by atoms with Crippen LogP contribution in [0.5, 0.6) is 5.88 Å². The molecule has 1 saturated carbocycles. The van der Waals surface area contributed by atoms with Crippen molar-refractivity contribution in [3.8, 4) is 23.1 Å². The van der Waals surface area contributed by atoms with E-state index in [0.717, 1.165) is 24.0 Å². The maximum Gasteiger partial charge on any atom is 0.258 e. The van der Waals surface area contributed by atoms with Gasteiger partial charge >= 0.3 is 0 Å². The Labute approximate surface area is 181 Å². The normalized spacial score (nSPS) is 20.4. The Balaban J connectivity index is 1.51. The van der Waals surface area contributed by atoms with Gasteiger partial charge in [-0.3, -0.25) is 0 Å². The molecule has 0 bridgehead atoms. The lowest BCUT2D eigenvalue weighted by molar-refractivity contribution is 0.122. The van der Waals surface area contributed by atoms with E-state index in [1.54, 1.807) is 22.8 Å². The molecule has 1 N–H and O–H groups in total. The van der Waals surface area contributed by atoms with Crippen LogP contribution in [0.4, 0.5) is 14.7 Å². The summed E-state index contributed by atoms with van der Waals surface area (Å²) in [4.78, 5) is 4.51. The lowest BCUT2D eigenvalue weighted by atomic mass is 9.68. The number of aromatic nitrogens is 6. The summed E-state index contributed by atoms with van der Waals surface area (Å²) >= 11 is 0. The molecule has 164 valence electrons. The third-order valence-electron chi connectivity index (χ3n) is 5.81. The van der Waals surface area contributed by atoms with Crippen LogP contribution in [-0.2, 0) is 6.54 Å². The van der Waals surface area contributed by atoms with Crippen LogP contribution in [0.1, 0.15) is 19.8 Å². The van der Waals surface area contributed by atoms with Gasteiger partial charge in [-0.2, -0.15) is 10.2 Å². The van der Waals surface area contributed by atoms with E-state index in [2.05, 4.69) is 31.8 Å². The van der Waals surface area contributed by atoms with Crippen molar-refractivity contribution in [2.75, 3.05) is 12.4 Å². The van der Waals surface area contributed by atoms with Crippen LogP contribution in [0.2, 0.25) is 0 Å². The lowest BCUT2D eigenvalue weighted by Gasteiger charge is -2.40. The zero-order chi connectivity index (χ0) is 22.5. The number of alkyl halides is 2. The molecule has 1 aromatic carbocycles. The summed E-state index contributed by atoms with van der Waals surface area (Å²) < 4.78 is 34.2. The minimum atomic E-state index is -2.53. The molecule has 0 amide bonds. The van der Waals surface area contributed by atoms with Crippen LogP contribution >= 0.6 is 0 Å². The maximum absolute atomic E-state index is 12.9. The van der Waals surface area contributed by atoms with Crippen LogP contribution in [0, 0.1) is 16.7 Å². The first kappa shape index (κ1) is 20.1. The number of methoxy groups -OCH3 is 1. The summed E-state index contributed by atoms with van der Waals surface area (Å²) in [5.74, 6) is 0.792. The van der Waals surface area contributed by atoms with Gasteiger partial charge in [0.15, 0.2) is 0 Å². The summed E-state index contributed by atoms with van der Waals surface area (Å²) in [5, 5.41) is 24.8. The minimum Gasteiger partial charge on any atom is -0.479 e. The van der Waals surface area contributed by atoms with Gasteiger partial charge in [-0.15, -0.1) is 10.2 Å². The van der Waals surface area contributed by atoms with E-state index in [9.17, 15) is 14.0 Å². The first-order valence-corrected chi connectivity index (χ1v) is 10.1. The number of nitriles is 1. The molecule has 1 aliphatic rings. The molecule has 4 aromatic rings. The number of halogens is 2. The van der Waals surface area contributed by atoms with Gasteiger partial charge in [0, 0.05) is 17.8 Å². The average molecular weight is 438 g/mol. The highest BCUT2D eigenvalue weighted by molar-refractivity contribution is 5.89. The molecule has 9 nitrogen and oxygen atoms in total. The van der Waals surface area contributed by atoms with E-state index in [-0.39, 0.29) is 11.5 Å². The molecule has 0 saturated heterocycles. The second-order valence-corrected chi connectivity index (χ2v) is 8.26. The topological polar surface area (TPSA) is 106 Å². The number of hydrogen-bond donors (Lipinski definition) is 1. The lowest BCUT2D eigenvalue weighted by Crippen LogP contribution is -2.42. The van der Waals surface area contributed by atoms with Crippen molar-refractivity contribution in [1.29, 1.82) is 5.26 Å². The fourth-order valence-corrected chi connectivity index (χ4v) is 4.23. The van der Waals surface area contributed by atoms with Crippen LogP contribution in [0.3, 0.4) is 0 Å². The number of nitrogens with zero attached hydrogens (tertiary/aromatic N) is 7. The highest BCUT2D eigenvalue weighted by atomic mass is 19.3. The number of nitrogens with one attached hydrogen (secondary N) is 1. The first-order valence-electron chi connectivity index (χ1n) is 10.1. The van der Waals surface area contributed by atoms with Gasteiger partial charge in [0.05, 0.1) is 24.1 Å². The van der Waals surface area contributed by atoms with Crippen molar-refractivity contribution < 1.29 is 13.5 Å². The molecule has 0 unspecified atom stereocenters. The molecule has 0 radical (unpaired) electrons. The first-order chi connectivity index (χ1) is 15.4. The third kappa shape index (κ3) is 3.37. The predicted octanol–water partition coefficient (Wildman–Crippen LogP) is 3.52. The molecule has 0 spiro atoms. The summed E-state index contributed by atoms with van der Waals surface area (Å²) in [6.07, 6.45) is 0.716. The Kier molecular flexibility index (Phi) is 4.65. The van der Waals surface area contributed by atoms with Gasteiger partial charge in [-0.1, -0.05) is 11.3 Å². The SMILES string of the molecule is COc1nc(NC2CC(C)(C#N)C2)nn2ccc(-c3ccc4nnn(CC(F)F)c4c3)c12. The monoisotopic (exact) mass is 438 g/mol. The molecule has 1 aliphatic carbocycles. The van der Waals surface area contributed by atoms with Crippen molar-refractivity contribution in [2.24, 2.45) is 5.41 Å². The summed E-state index contributed by atoms with van der Waals surface area (Å²) in [6.45, 7) is 1.41. The minimum absolute atomic E-state index is 0.127. The van der Waals surface area contributed by atoms with Crippen LogP contribution in [0.15, 0.2) is 30.5 Å². The number of fused-ring (bicyclic) bond motifs is 2. The van der Waals surface area contributed by atoms with Crippen molar-refractivity contribution in [3.63, 3.8) is 0 Å². The average Bonchev–Trinajstić information content (AvgIpc) is 3.35. The van der Waals surface area contributed by atoms with E-state index >= 15 is 0 Å². The zero-order valence-corrected chi connectivity index (χ0v) is 17.5. The molecule has 0 atom stereocenters. The Morgan fingerprint density at radius 2 is 2.16 bits per heavy atom. The molecule has 3 heterocycles. The van der Waals surface area contributed by atoms with E-state index in [4.69, 9.17) is 4.74 Å². The smallest absolute Gasteiger partial charge is 0.258 e. The number of benzene rings is 1. The van der Waals surface area contributed by atoms with E-state index < -0.39 is 13.0 Å². The number of rotatable bonds is 6. The second kappa shape index (κ2) is 7.40. The molecule has 32 heavy (non-hydrogen) atoms. The van der Waals surface area contributed by atoms with Crippen LogP contribution in [-0.4, -0.2) is 49.2 Å². The number of anilines is 1. The van der Waals surface area contributed by atoms with Gasteiger partial charge in [0.2, 0.25) is 11.8 Å². The fourth-order valence-electron chi connectivity index (χ4n) is 4.23. The number of hydrogen-bond acceptors (Lipinski definition) is 7. The molecule has 5 rings (SSSR count). The summed E-state index contributed by atoms with van der Waals surface area (Å²) in [7, 11) is 1.53.